The fourth-order valence-electron chi connectivity index (χ4n) is 4.86. The number of nitrogens with one attached hydrogen (secondary N) is 5. The first-order valence-electron chi connectivity index (χ1n) is 17.5. The molecular formula is C32H53N9O15. The molecule has 0 spiro atoms. The minimum absolute atomic E-state index is 0.0811. The zero-order valence-electron chi connectivity index (χ0n) is 31.0. The molecule has 24 nitrogen and oxygen atoms in total. The predicted molar refractivity (Wildman–Crippen MR) is 192 cm³/mol. The third kappa shape index (κ3) is 22.2. The van der Waals surface area contributed by atoms with Crippen molar-refractivity contribution in [2.24, 2.45) is 28.1 Å². The molecule has 0 aliphatic heterocycles. The van der Waals surface area contributed by atoms with Gasteiger partial charge in [-0.25, -0.2) is 4.79 Å². The normalized spacial score (nSPS) is 14.0. The number of carbonyl (C=O) groups excluding carboxylic acids is 5. The minimum atomic E-state index is -1.75. The Morgan fingerprint density at radius 2 is 0.821 bits per heavy atom. The van der Waals surface area contributed by atoms with Gasteiger partial charge in [-0.1, -0.05) is 13.8 Å². The SMILES string of the molecule is CC(C)CC(NC(=O)C(CCC(=O)O)NC(=O)C(N)CCCN=C(N)N)C(=O)NC(CCC(=O)O)C(=O)NC(CCC(=O)O)C(=O)NC(CCC(=O)O)C(=O)O. The van der Waals surface area contributed by atoms with Crippen molar-refractivity contribution < 1.29 is 73.5 Å². The van der Waals surface area contributed by atoms with E-state index in [1.807, 2.05) is 5.32 Å². The molecule has 6 atom stereocenters. The maximum absolute atomic E-state index is 13.6. The lowest BCUT2D eigenvalue weighted by Gasteiger charge is -2.27. The van der Waals surface area contributed by atoms with Crippen LogP contribution < -0.4 is 43.8 Å². The second kappa shape index (κ2) is 25.9. The summed E-state index contributed by atoms with van der Waals surface area (Å²) >= 11 is 0. The van der Waals surface area contributed by atoms with Crippen LogP contribution in [-0.2, 0) is 47.9 Å². The van der Waals surface area contributed by atoms with Crippen molar-refractivity contribution in [3.8, 4) is 0 Å². The van der Waals surface area contributed by atoms with Gasteiger partial charge in [0.1, 0.15) is 30.2 Å². The lowest BCUT2D eigenvalue weighted by molar-refractivity contribution is -0.144. The maximum atomic E-state index is 13.6. The van der Waals surface area contributed by atoms with Gasteiger partial charge in [-0.3, -0.25) is 48.1 Å². The van der Waals surface area contributed by atoms with Gasteiger partial charge < -0.3 is 69.3 Å². The molecule has 6 unspecified atom stereocenters. The maximum Gasteiger partial charge on any atom is 0.326 e. The third-order valence-electron chi connectivity index (χ3n) is 7.75. The Hall–Kier alpha value is -6.07. The quantitative estimate of drug-likeness (QED) is 0.0197. The summed E-state index contributed by atoms with van der Waals surface area (Å²) in [4.78, 5) is 127. The van der Waals surface area contributed by atoms with E-state index in [0.29, 0.717) is 0 Å². The Bertz CT molecular complexity index is 1450. The molecule has 0 aromatic rings. The van der Waals surface area contributed by atoms with Crippen LogP contribution in [0.25, 0.3) is 0 Å². The van der Waals surface area contributed by atoms with Gasteiger partial charge in [0, 0.05) is 32.2 Å². The van der Waals surface area contributed by atoms with E-state index < -0.39 is 147 Å². The summed E-state index contributed by atoms with van der Waals surface area (Å²) in [7, 11) is 0. The van der Waals surface area contributed by atoms with E-state index >= 15 is 0 Å². The molecule has 0 aliphatic carbocycles. The zero-order valence-corrected chi connectivity index (χ0v) is 31.0. The molecule has 0 saturated heterocycles. The van der Waals surface area contributed by atoms with Gasteiger partial charge in [0.2, 0.25) is 29.5 Å². The van der Waals surface area contributed by atoms with Crippen LogP contribution >= 0.6 is 0 Å². The van der Waals surface area contributed by atoms with Crippen LogP contribution in [0.4, 0.5) is 0 Å². The average Bonchev–Trinajstić information content (AvgIpc) is 3.08. The number of amides is 5. The fraction of sp³-hybridized carbons (Fsp3) is 0.656. The molecule has 0 aromatic carbocycles. The van der Waals surface area contributed by atoms with E-state index in [9.17, 15) is 68.4 Å². The molecule has 0 radical (unpaired) electrons. The first kappa shape index (κ1) is 49.9. The lowest BCUT2D eigenvalue weighted by Crippen LogP contribution is -2.59. The number of aliphatic carboxylic acids is 5. The summed E-state index contributed by atoms with van der Waals surface area (Å²) in [6, 6.07) is -9.36. The molecule has 0 aromatic heterocycles. The second-order valence-electron chi connectivity index (χ2n) is 13.1. The van der Waals surface area contributed by atoms with Gasteiger partial charge in [-0.05, 0) is 50.9 Å². The van der Waals surface area contributed by atoms with E-state index in [4.69, 9.17) is 22.3 Å². The number of aliphatic imine (C=N–C) groups is 1. The Kier molecular flexibility index (Phi) is 23.1. The highest BCUT2D eigenvalue weighted by Crippen LogP contribution is 2.10. The summed E-state index contributed by atoms with van der Waals surface area (Å²) in [6.07, 6.45) is -4.58. The highest BCUT2D eigenvalue weighted by molar-refractivity contribution is 5.96. The van der Waals surface area contributed by atoms with E-state index in [0.717, 1.165) is 0 Å². The Balaban J connectivity index is 6.29. The summed E-state index contributed by atoms with van der Waals surface area (Å²) in [5, 5.41) is 57.3. The molecule has 56 heavy (non-hydrogen) atoms. The van der Waals surface area contributed by atoms with Gasteiger partial charge in [-0.15, -0.1) is 0 Å². The number of hydrogen-bond donors (Lipinski definition) is 13. The van der Waals surface area contributed by atoms with Gasteiger partial charge in [0.25, 0.3) is 0 Å². The molecule has 0 heterocycles. The number of hydrogen-bond acceptors (Lipinski definition) is 12. The largest absolute Gasteiger partial charge is 0.481 e. The second-order valence-corrected chi connectivity index (χ2v) is 13.1. The summed E-state index contributed by atoms with van der Waals surface area (Å²) in [6.45, 7) is 3.48. The third-order valence-corrected chi connectivity index (χ3v) is 7.75. The molecule has 5 amide bonds. The molecule has 0 aliphatic rings. The average molecular weight is 804 g/mol. The highest BCUT2D eigenvalue weighted by Gasteiger charge is 2.34. The van der Waals surface area contributed by atoms with Crippen molar-refractivity contribution in [2.45, 2.75) is 121 Å². The number of rotatable bonds is 29. The zero-order chi connectivity index (χ0) is 43.1. The lowest BCUT2D eigenvalue weighted by atomic mass is 10.0. The fourth-order valence-corrected chi connectivity index (χ4v) is 4.86. The Labute approximate surface area is 320 Å². The predicted octanol–water partition coefficient (Wildman–Crippen LogP) is -3.62. The first-order valence-corrected chi connectivity index (χ1v) is 17.5. The topological polar surface area (TPSA) is 422 Å². The number of nitrogens with zero attached hydrogens (tertiary/aromatic N) is 1. The molecule has 0 fully saturated rings. The molecule has 0 bridgehead atoms. The van der Waals surface area contributed by atoms with E-state index in [2.05, 4.69) is 26.3 Å². The standard InChI is InChI=1S/C32H53N9O15/c1-15(2)14-21(41-29(53)17(5-9-22(42)43)37-26(50)16(33)4-3-13-36-32(34)35)30(54)39-18(6-10-23(44)45)27(51)38-19(7-11-24(46)47)28(52)40-20(31(55)56)8-12-25(48)49/h15-21H,3-14,33H2,1-2H3,(H,37,50)(H,38,51)(H,39,54)(H,40,52)(H,41,53)(H,42,43)(H,44,45)(H,46,47)(H,48,49)(H,55,56)(H4,34,35,36). The van der Waals surface area contributed by atoms with Crippen molar-refractivity contribution in [3.05, 3.63) is 0 Å². The number of nitrogens with two attached hydrogens (primary N) is 3. The highest BCUT2D eigenvalue weighted by atomic mass is 16.4. The smallest absolute Gasteiger partial charge is 0.326 e. The van der Waals surface area contributed by atoms with Crippen LogP contribution in [0.1, 0.15) is 84.5 Å². The van der Waals surface area contributed by atoms with Crippen LogP contribution in [0.3, 0.4) is 0 Å². The van der Waals surface area contributed by atoms with Crippen molar-refractivity contribution in [1.82, 2.24) is 26.6 Å². The number of carboxylic acids is 5. The number of carbonyl (C=O) groups is 10. The van der Waals surface area contributed by atoms with Gasteiger partial charge in [0.05, 0.1) is 6.04 Å². The van der Waals surface area contributed by atoms with Gasteiger partial charge >= 0.3 is 29.8 Å². The van der Waals surface area contributed by atoms with Crippen molar-refractivity contribution in [2.75, 3.05) is 6.54 Å². The number of carboxylic acid groups (broad SMARTS) is 5. The minimum Gasteiger partial charge on any atom is -0.481 e. The summed E-state index contributed by atoms with van der Waals surface area (Å²) in [5.41, 5.74) is 16.4. The molecule has 16 N–H and O–H groups in total. The van der Waals surface area contributed by atoms with Crippen LogP contribution in [0.15, 0.2) is 4.99 Å². The summed E-state index contributed by atoms with van der Waals surface area (Å²) in [5.74, 6) is -12.9. The van der Waals surface area contributed by atoms with Crippen molar-refractivity contribution in [1.29, 1.82) is 0 Å². The molecule has 24 heteroatoms. The molecule has 316 valence electrons. The van der Waals surface area contributed by atoms with Gasteiger partial charge in [0.15, 0.2) is 5.96 Å². The van der Waals surface area contributed by atoms with E-state index in [-0.39, 0.29) is 37.7 Å². The van der Waals surface area contributed by atoms with Crippen LogP contribution in [0.2, 0.25) is 0 Å². The van der Waals surface area contributed by atoms with Crippen LogP contribution in [-0.4, -0.2) is 134 Å². The van der Waals surface area contributed by atoms with Gasteiger partial charge in [-0.2, -0.15) is 0 Å². The van der Waals surface area contributed by atoms with Crippen LogP contribution in [0.5, 0.6) is 0 Å². The Morgan fingerprint density at radius 3 is 1.16 bits per heavy atom. The molecule has 0 saturated carbocycles. The molecular weight excluding hydrogens is 750 g/mol. The van der Waals surface area contributed by atoms with Crippen LogP contribution in [0, 0.1) is 5.92 Å². The van der Waals surface area contributed by atoms with Crippen molar-refractivity contribution in [3.63, 3.8) is 0 Å². The number of guanidine groups is 1. The first-order chi connectivity index (χ1) is 26.0. The van der Waals surface area contributed by atoms with E-state index in [1.54, 1.807) is 13.8 Å². The molecule has 0 rings (SSSR count). The Morgan fingerprint density at radius 1 is 0.500 bits per heavy atom. The van der Waals surface area contributed by atoms with E-state index in [1.165, 1.54) is 0 Å². The monoisotopic (exact) mass is 803 g/mol. The summed E-state index contributed by atoms with van der Waals surface area (Å²) < 4.78 is 0. The van der Waals surface area contributed by atoms with Crippen molar-refractivity contribution >= 4 is 65.3 Å².